The topological polar surface area (TPSA) is 55.9 Å². The number of fused-ring (bicyclic) bond motifs is 1. The number of unbranched alkanes of at least 4 members (excludes halogenated alkanes) is 1. The van der Waals surface area contributed by atoms with Gasteiger partial charge in [-0.3, -0.25) is 19.4 Å². The molecule has 6 nitrogen and oxygen atoms in total. The number of anilines is 1. The Morgan fingerprint density at radius 1 is 1.00 bits per heavy atom. The van der Waals surface area contributed by atoms with Gasteiger partial charge in [-0.1, -0.05) is 31.5 Å². The molecule has 1 aromatic carbocycles. The fourth-order valence-electron chi connectivity index (χ4n) is 3.64. The molecule has 0 aromatic heterocycles. The average Bonchev–Trinajstić information content (AvgIpc) is 3.08. The largest absolute Gasteiger partial charge is 0.355 e. The van der Waals surface area contributed by atoms with Crippen LogP contribution in [0.2, 0.25) is 0 Å². The van der Waals surface area contributed by atoms with E-state index in [4.69, 9.17) is 0 Å². The maximum Gasteiger partial charge on any atom is 0.241 e. The summed E-state index contributed by atoms with van der Waals surface area (Å²) in [5.41, 5.74) is 2.33. The van der Waals surface area contributed by atoms with Crippen molar-refractivity contribution >= 4 is 17.5 Å². The van der Waals surface area contributed by atoms with Crippen LogP contribution in [0.4, 0.5) is 5.69 Å². The van der Waals surface area contributed by atoms with Crippen molar-refractivity contribution in [3.8, 4) is 0 Å². The minimum absolute atomic E-state index is 0.108. The van der Waals surface area contributed by atoms with Crippen LogP contribution in [0.1, 0.15) is 25.3 Å². The van der Waals surface area contributed by atoms with Crippen LogP contribution in [-0.4, -0.2) is 74.0 Å². The van der Waals surface area contributed by atoms with Gasteiger partial charge in [0.2, 0.25) is 11.8 Å². The molecule has 2 aliphatic heterocycles. The lowest BCUT2D eigenvalue weighted by Crippen LogP contribution is -2.52. The molecule has 0 saturated carbocycles. The zero-order chi connectivity index (χ0) is 18.4. The van der Waals surface area contributed by atoms with Crippen LogP contribution < -0.4 is 10.2 Å². The van der Waals surface area contributed by atoms with Crippen LogP contribution in [0.15, 0.2) is 24.3 Å². The lowest BCUT2D eigenvalue weighted by atomic mass is 10.2. The van der Waals surface area contributed by atoms with Gasteiger partial charge in [0.15, 0.2) is 0 Å². The highest BCUT2D eigenvalue weighted by atomic mass is 16.2. The molecule has 0 aliphatic carbocycles. The summed E-state index contributed by atoms with van der Waals surface area (Å²) < 4.78 is 0. The number of amides is 2. The van der Waals surface area contributed by atoms with E-state index in [0.29, 0.717) is 13.1 Å². The maximum absolute atomic E-state index is 12.7. The fraction of sp³-hybridized carbons (Fsp3) is 0.600. The molecule has 1 fully saturated rings. The lowest BCUT2D eigenvalue weighted by Gasteiger charge is -2.34. The first-order valence-corrected chi connectivity index (χ1v) is 9.77. The zero-order valence-electron chi connectivity index (χ0n) is 15.7. The van der Waals surface area contributed by atoms with Crippen molar-refractivity contribution in [2.75, 3.05) is 57.3 Å². The molecule has 3 rings (SSSR count). The van der Waals surface area contributed by atoms with E-state index in [2.05, 4.69) is 28.1 Å². The number of piperazine rings is 1. The van der Waals surface area contributed by atoms with E-state index in [1.165, 1.54) is 5.56 Å². The second-order valence-electron chi connectivity index (χ2n) is 7.18. The second-order valence-corrected chi connectivity index (χ2v) is 7.18. The van der Waals surface area contributed by atoms with Gasteiger partial charge >= 0.3 is 0 Å². The molecule has 142 valence electrons. The number of hydrogen-bond donors (Lipinski definition) is 1. The number of para-hydroxylation sites is 1. The smallest absolute Gasteiger partial charge is 0.241 e. The first-order chi connectivity index (χ1) is 12.7. The third-order valence-corrected chi connectivity index (χ3v) is 5.23. The molecule has 2 amide bonds. The van der Waals surface area contributed by atoms with Crippen molar-refractivity contribution in [3.05, 3.63) is 29.8 Å². The molecule has 26 heavy (non-hydrogen) atoms. The van der Waals surface area contributed by atoms with E-state index in [0.717, 1.165) is 64.2 Å². The van der Waals surface area contributed by atoms with E-state index in [1.807, 2.05) is 23.1 Å². The summed E-state index contributed by atoms with van der Waals surface area (Å²) in [5, 5.41) is 2.97. The molecule has 1 saturated heterocycles. The van der Waals surface area contributed by atoms with Crippen molar-refractivity contribution in [2.45, 2.75) is 26.2 Å². The maximum atomic E-state index is 12.7. The van der Waals surface area contributed by atoms with Gasteiger partial charge in [-0.05, 0) is 24.5 Å². The predicted octanol–water partition coefficient (Wildman–Crippen LogP) is 1.11. The molecule has 1 aromatic rings. The van der Waals surface area contributed by atoms with Crippen molar-refractivity contribution in [2.24, 2.45) is 0 Å². The lowest BCUT2D eigenvalue weighted by molar-refractivity contribution is -0.124. The third-order valence-electron chi connectivity index (χ3n) is 5.23. The van der Waals surface area contributed by atoms with Crippen molar-refractivity contribution in [1.29, 1.82) is 0 Å². The summed E-state index contributed by atoms with van der Waals surface area (Å²) in [6, 6.07) is 8.17. The predicted molar refractivity (Wildman–Crippen MR) is 103 cm³/mol. The van der Waals surface area contributed by atoms with Gasteiger partial charge in [0, 0.05) is 45.0 Å². The number of rotatable bonds is 7. The molecular weight excluding hydrogens is 328 g/mol. The Labute approximate surface area is 156 Å². The molecule has 0 unspecified atom stereocenters. The second kappa shape index (κ2) is 9.14. The first-order valence-electron chi connectivity index (χ1n) is 9.77. The number of nitrogens with zero attached hydrogens (tertiary/aromatic N) is 3. The minimum Gasteiger partial charge on any atom is -0.355 e. The number of carbonyl (C=O) groups excluding carboxylic acids is 2. The van der Waals surface area contributed by atoms with Crippen LogP contribution in [-0.2, 0) is 16.0 Å². The van der Waals surface area contributed by atoms with E-state index in [1.54, 1.807) is 0 Å². The molecule has 2 heterocycles. The highest BCUT2D eigenvalue weighted by Gasteiger charge is 2.27. The Hall–Kier alpha value is -1.92. The van der Waals surface area contributed by atoms with E-state index < -0.39 is 0 Å². The summed E-state index contributed by atoms with van der Waals surface area (Å²) in [7, 11) is 0. The van der Waals surface area contributed by atoms with Gasteiger partial charge in [-0.25, -0.2) is 0 Å². The molecular formula is C20H30N4O2. The highest BCUT2D eigenvalue weighted by Crippen LogP contribution is 2.27. The summed E-state index contributed by atoms with van der Waals surface area (Å²) in [6.07, 6.45) is 3.07. The number of hydrogen-bond acceptors (Lipinski definition) is 4. The highest BCUT2D eigenvalue weighted by molar-refractivity contribution is 5.96. The van der Waals surface area contributed by atoms with Crippen molar-refractivity contribution < 1.29 is 9.59 Å². The molecule has 0 radical (unpaired) electrons. The normalized spacial score (nSPS) is 18.0. The Morgan fingerprint density at radius 3 is 2.42 bits per heavy atom. The summed E-state index contributed by atoms with van der Waals surface area (Å²) in [4.78, 5) is 30.9. The number of benzene rings is 1. The van der Waals surface area contributed by atoms with Crippen LogP contribution in [0.3, 0.4) is 0 Å². The molecule has 2 aliphatic rings. The van der Waals surface area contributed by atoms with Gasteiger partial charge in [-0.2, -0.15) is 0 Å². The molecule has 1 N–H and O–H groups in total. The Morgan fingerprint density at radius 2 is 1.69 bits per heavy atom. The average molecular weight is 358 g/mol. The SMILES string of the molecule is CCCCNC(=O)CN1CCN(CC(=O)N2CCc3ccccc32)CC1. The van der Waals surface area contributed by atoms with Crippen molar-refractivity contribution in [1.82, 2.24) is 15.1 Å². The zero-order valence-corrected chi connectivity index (χ0v) is 15.7. The van der Waals surface area contributed by atoms with Crippen molar-refractivity contribution in [3.63, 3.8) is 0 Å². The molecule has 0 spiro atoms. The minimum atomic E-state index is 0.108. The Bertz CT molecular complexity index is 626. The van der Waals surface area contributed by atoms with E-state index in [-0.39, 0.29) is 11.8 Å². The summed E-state index contributed by atoms with van der Waals surface area (Å²) >= 11 is 0. The molecule has 0 bridgehead atoms. The fourth-order valence-corrected chi connectivity index (χ4v) is 3.64. The van der Waals surface area contributed by atoms with E-state index >= 15 is 0 Å². The summed E-state index contributed by atoms with van der Waals surface area (Å²) in [6.45, 7) is 7.95. The number of nitrogens with one attached hydrogen (secondary N) is 1. The molecule has 6 heteroatoms. The van der Waals surface area contributed by atoms with Gasteiger partial charge in [-0.15, -0.1) is 0 Å². The van der Waals surface area contributed by atoms with Gasteiger partial charge in [0.1, 0.15) is 0 Å². The summed E-state index contributed by atoms with van der Waals surface area (Å²) in [5.74, 6) is 0.289. The van der Waals surface area contributed by atoms with Crippen LogP contribution in [0.5, 0.6) is 0 Å². The number of carbonyl (C=O) groups is 2. The monoisotopic (exact) mass is 358 g/mol. The Balaban J connectivity index is 1.40. The van der Waals surface area contributed by atoms with Crippen LogP contribution in [0.25, 0.3) is 0 Å². The molecule has 0 atom stereocenters. The standard InChI is InChI=1S/C20H30N4O2/c1-2-3-9-21-19(25)15-22-11-13-23(14-12-22)16-20(26)24-10-8-17-6-4-5-7-18(17)24/h4-7H,2-3,8-16H2,1H3,(H,21,25). The van der Waals surface area contributed by atoms with Gasteiger partial charge in [0.25, 0.3) is 0 Å². The van der Waals surface area contributed by atoms with E-state index in [9.17, 15) is 9.59 Å². The quantitative estimate of drug-likeness (QED) is 0.742. The van der Waals surface area contributed by atoms with Crippen LogP contribution >= 0.6 is 0 Å². The third kappa shape index (κ3) is 4.83. The first kappa shape index (κ1) is 18.9. The van der Waals surface area contributed by atoms with Crippen LogP contribution in [0, 0.1) is 0 Å². The Kier molecular flexibility index (Phi) is 6.63. The van der Waals surface area contributed by atoms with Gasteiger partial charge < -0.3 is 10.2 Å². The van der Waals surface area contributed by atoms with Gasteiger partial charge in [0.05, 0.1) is 13.1 Å².